The second kappa shape index (κ2) is 10.00. The maximum atomic E-state index is 12.1. The zero-order chi connectivity index (χ0) is 21.4. The molecule has 2 aromatic rings. The number of aliphatic hydroxyl groups is 1. The largest absolute Gasteiger partial charge is 0.504 e. The molecule has 0 bridgehead atoms. The molecule has 0 radical (unpaired) electrons. The zero-order valence-corrected chi connectivity index (χ0v) is 15.4. The van der Waals surface area contributed by atoms with Crippen LogP contribution in [0.25, 0.3) is 6.08 Å². The molecule has 0 aliphatic carbocycles. The SMILES string of the molecule is O=C(C=Cc1ccc(O)c(O)c1)N[C@@H](CO)C(=O)NCCc1ccc(O)c(O)c1. The summed E-state index contributed by atoms with van der Waals surface area (Å²) in [7, 11) is 0. The molecule has 0 aliphatic rings. The van der Waals surface area contributed by atoms with E-state index in [9.17, 15) is 35.1 Å². The van der Waals surface area contributed by atoms with Crippen molar-refractivity contribution in [1.82, 2.24) is 10.6 Å². The number of amides is 2. The van der Waals surface area contributed by atoms with E-state index < -0.39 is 24.5 Å². The average molecular weight is 402 g/mol. The molecule has 1 atom stereocenters. The first kappa shape index (κ1) is 21.6. The van der Waals surface area contributed by atoms with Gasteiger partial charge in [-0.25, -0.2) is 0 Å². The number of rotatable bonds is 8. The Hall–Kier alpha value is -3.72. The van der Waals surface area contributed by atoms with Crippen LogP contribution in [0.4, 0.5) is 0 Å². The smallest absolute Gasteiger partial charge is 0.244 e. The number of hydrogen-bond acceptors (Lipinski definition) is 7. The van der Waals surface area contributed by atoms with Crippen LogP contribution in [-0.2, 0) is 16.0 Å². The Morgan fingerprint density at radius 2 is 1.59 bits per heavy atom. The molecule has 2 rings (SSSR count). The van der Waals surface area contributed by atoms with Gasteiger partial charge in [0.25, 0.3) is 0 Å². The summed E-state index contributed by atoms with van der Waals surface area (Å²) in [5.74, 6) is -2.33. The van der Waals surface area contributed by atoms with Gasteiger partial charge in [0.05, 0.1) is 6.61 Å². The van der Waals surface area contributed by atoms with Gasteiger partial charge in [0.2, 0.25) is 11.8 Å². The van der Waals surface area contributed by atoms with E-state index in [0.717, 1.165) is 6.08 Å². The number of phenolic OH excluding ortho intramolecular Hbond substituents is 4. The molecule has 0 aromatic heterocycles. The van der Waals surface area contributed by atoms with Crippen LogP contribution >= 0.6 is 0 Å². The van der Waals surface area contributed by atoms with Gasteiger partial charge in [0, 0.05) is 12.6 Å². The molecule has 0 fully saturated rings. The van der Waals surface area contributed by atoms with Crippen LogP contribution in [0.3, 0.4) is 0 Å². The third-order valence-electron chi connectivity index (χ3n) is 3.99. The normalized spacial score (nSPS) is 11.9. The van der Waals surface area contributed by atoms with Gasteiger partial charge in [-0.3, -0.25) is 9.59 Å². The van der Waals surface area contributed by atoms with Gasteiger partial charge in [-0.1, -0.05) is 12.1 Å². The highest BCUT2D eigenvalue weighted by molar-refractivity contribution is 5.95. The Balaban J connectivity index is 1.84. The van der Waals surface area contributed by atoms with Crippen molar-refractivity contribution in [3.8, 4) is 23.0 Å². The van der Waals surface area contributed by atoms with Crippen molar-refractivity contribution in [2.75, 3.05) is 13.2 Å². The van der Waals surface area contributed by atoms with Gasteiger partial charge in [-0.2, -0.15) is 0 Å². The monoisotopic (exact) mass is 402 g/mol. The Labute approximate surface area is 166 Å². The number of benzene rings is 2. The summed E-state index contributed by atoms with van der Waals surface area (Å²) in [4.78, 5) is 24.1. The first-order valence-electron chi connectivity index (χ1n) is 8.70. The van der Waals surface area contributed by atoms with Gasteiger partial charge < -0.3 is 36.2 Å². The molecule has 0 saturated carbocycles. The van der Waals surface area contributed by atoms with Gasteiger partial charge >= 0.3 is 0 Å². The van der Waals surface area contributed by atoms with Crippen molar-refractivity contribution in [3.05, 3.63) is 53.6 Å². The quantitative estimate of drug-likeness (QED) is 0.248. The molecule has 0 spiro atoms. The number of aromatic hydroxyl groups is 4. The Morgan fingerprint density at radius 1 is 0.931 bits per heavy atom. The van der Waals surface area contributed by atoms with Gasteiger partial charge in [0.15, 0.2) is 23.0 Å². The predicted octanol–water partition coefficient (Wildman–Crippen LogP) is 0.358. The molecule has 0 unspecified atom stereocenters. The van der Waals surface area contributed by atoms with E-state index in [2.05, 4.69) is 10.6 Å². The minimum absolute atomic E-state index is 0.193. The fourth-order valence-corrected chi connectivity index (χ4v) is 2.41. The second-order valence-electron chi connectivity index (χ2n) is 6.19. The van der Waals surface area contributed by atoms with Crippen LogP contribution < -0.4 is 10.6 Å². The van der Waals surface area contributed by atoms with E-state index >= 15 is 0 Å². The third-order valence-corrected chi connectivity index (χ3v) is 3.99. The highest BCUT2D eigenvalue weighted by Crippen LogP contribution is 2.25. The van der Waals surface area contributed by atoms with Crippen molar-refractivity contribution in [2.24, 2.45) is 0 Å². The fourth-order valence-electron chi connectivity index (χ4n) is 2.41. The first-order valence-corrected chi connectivity index (χ1v) is 8.70. The molecule has 2 amide bonds. The second-order valence-corrected chi connectivity index (χ2v) is 6.19. The topological polar surface area (TPSA) is 159 Å². The number of nitrogens with one attached hydrogen (secondary N) is 2. The third kappa shape index (κ3) is 6.43. The van der Waals surface area contributed by atoms with E-state index in [0.29, 0.717) is 17.5 Å². The molecule has 0 aliphatic heterocycles. The summed E-state index contributed by atoms with van der Waals surface area (Å²) in [6, 6.07) is 7.16. The van der Waals surface area contributed by atoms with Crippen molar-refractivity contribution in [1.29, 1.82) is 0 Å². The number of hydrogen-bond donors (Lipinski definition) is 7. The molecule has 29 heavy (non-hydrogen) atoms. The Kier molecular flexibility index (Phi) is 7.44. The van der Waals surface area contributed by atoms with Crippen LogP contribution in [0.5, 0.6) is 23.0 Å². The van der Waals surface area contributed by atoms with Crippen molar-refractivity contribution in [2.45, 2.75) is 12.5 Å². The lowest BCUT2D eigenvalue weighted by Gasteiger charge is -2.15. The summed E-state index contributed by atoms with van der Waals surface area (Å²) >= 11 is 0. The first-order chi connectivity index (χ1) is 13.8. The zero-order valence-electron chi connectivity index (χ0n) is 15.4. The maximum absolute atomic E-state index is 12.1. The molecule has 0 heterocycles. The predicted molar refractivity (Wildman–Crippen MR) is 104 cm³/mol. The lowest BCUT2D eigenvalue weighted by molar-refractivity contribution is -0.128. The number of phenols is 4. The molecule has 2 aromatic carbocycles. The van der Waals surface area contributed by atoms with Gasteiger partial charge in [-0.15, -0.1) is 0 Å². The number of carbonyl (C=O) groups is 2. The molecule has 9 heteroatoms. The Bertz CT molecular complexity index is 912. The fraction of sp³-hybridized carbons (Fsp3) is 0.200. The van der Waals surface area contributed by atoms with Crippen LogP contribution in [0.1, 0.15) is 11.1 Å². The number of carbonyl (C=O) groups excluding carboxylic acids is 2. The van der Waals surface area contributed by atoms with Gasteiger partial charge in [0.1, 0.15) is 6.04 Å². The highest BCUT2D eigenvalue weighted by Gasteiger charge is 2.18. The van der Waals surface area contributed by atoms with E-state index in [4.69, 9.17) is 0 Å². The van der Waals surface area contributed by atoms with E-state index in [-0.39, 0.29) is 29.5 Å². The molecule has 154 valence electrons. The summed E-state index contributed by atoms with van der Waals surface area (Å²) < 4.78 is 0. The number of aliphatic hydroxyl groups excluding tert-OH is 1. The highest BCUT2D eigenvalue weighted by atomic mass is 16.3. The van der Waals surface area contributed by atoms with Crippen LogP contribution in [0, 0.1) is 0 Å². The average Bonchev–Trinajstić information content (AvgIpc) is 2.69. The lowest BCUT2D eigenvalue weighted by Crippen LogP contribution is -2.48. The molecule has 7 N–H and O–H groups in total. The summed E-state index contributed by atoms with van der Waals surface area (Å²) in [6.07, 6.45) is 2.87. The Morgan fingerprint density at radius 3 is 2.21 bits per heavy atom. The van der Waals surface area contributed by atoms with E-state index in [1.165, 1.54) is 36.4 Å². The minimum Gasteiger partial charge on any atom is -0.504 e. The maximum Gasteiger partial charge on any atom is 0.244 e. The van der Waals surface area contributed by atoms with Gasteiger partial charge in [-0.05, 0) is 47.9 Å². The van der Waals surface area contributed by atoms with E-state index in [1.807, 2.05) is 0 Å². The lowest BCUT2D eigenvalue weighted by atomic mass is 10.1. The molecule has 9 nitrogen and oxygen atoms in total. The molecular formula is C20H22N2O7. The standard InChI is InChI=1S/C20H22N2O7/c23-11-14(20(29)21-8-7-13-2-5-16(25)18(27)10-13)22-19(28)6-3-12-1-4-15(24)17(26)9-12/h1-6,9-10,14,23-27H,7-8,11H2,(H,21,29)(H,22,28)/t14-/m0/s1. The molecule has 0 saturated heterocycles. The van der Waals surface area contributed by atoms with Crippen LogP contribution in [-0.4, -0.2) is 56.5 Å². The summed E-state index contributed by atoms with van der Waals surface area (Å²) in [5, 5.41) is 51.7. The molecular weight excluding hydrogens is 380 g/mol. The van der Waals surface area contributed by atoms with E-state index in [1.54, 1.807) is 6.07 Å². The minimum atomic E-state index is -1.16. The van der Waals surface area contributed by atoms with Crippen molar-refractivity contribution < 1.29 is 35.1 Å². The van der Waals surface area contributed by atoms with Crippen molar-refractivity contribution in [3.63, 3.8) is 0 Å². The van der Waals surface area contributed by atoms with Crippen molar-refractivity contribution >= 4 is 17.9 Å². The summed E-state index contributed by atoms with van der Waals surface area (Å²) in [6.45, 7) is -0.413. The van der Waals surface area contributed by atoms with Crippen LogP contribution in [0.15, 0.2) is 42.5 Å². The van der Waals surface area contributed by atoms with Crippen LogP contribution in [0.2, 0.25) is 0 Å². The summed E-state index contributed by atoms with van der Waals surface area (Å²) in [5.41, 5.74) is 1.14.